The molecule has 2 heterocycles. The number of aromatic hydroxyl groups is 1. The van der Waals surface area contributed by atoms with Crippen LogP contribution in [0.3, 0.4) is 0 Å². The summed E-state index contributed by atoms with van der Waals surface area (Å²) < 4.78 is 1.94. The molecular weight excluding hydrogens is 352 g/mol. The second-order valence-corrected chi connectivity index (χ2v) is 8.20. The van der Waals surface area contributed by atoms with Gasteiger partial charge in [-0.2, -0.15) is 5.10 Å². The highest BCUT2D eigenvalue weighted by Gasteiger charge is 2.28. The molecule has 1 aliphatic carbocycles. The topological polar surface area (TPSA) is 70.4 Å². The number of nitrogens with one attached hydrogen (secondary N) is 1. The van der Waals surface area contributed by atoms with Crippen molar-refractivity contribution in [2.45, 2.75) is 51.0 Å². The minimum atomic E-state index is 0.0682. The Labute approximate surface area is 166 Å². The van der Waals surface area contributed by atoms with Crippen LogP contribution in [0.2, 0.25) is 0 Å². The maximum absolute atomic E-state index is 12.8. The Balaban J connectivity index is 1.25. The monoisotopic (exact) mass is 382 g/mol. The first kappa shape index (κ1) is 18.8. The molecule has 1 fully saturated rings. The highest BCUT2D eigenvalue weighted by molar-refractivity contribution is 5.75. The first-order chi connectivity index (χ1) is 13.6. The second-order valence-electron chi connectivity index (χ2n) is 8.20. The molecule has 2 amide bonds. The number of hydrogen-bond acceptors (Lipinski definition) is 3. The summed E-state index contributed by atoms with van der Waals surface area (Å²) in [6.07, 6.45) is 9.34. The highest BCUT2D eigenvalue weighted by atomic mass is 16.3. The van der Waals surface area contributed by atoms with E-state index in [4.69, 9.17) is 0 Å². The maximum Gasteiger partial charge on any atom is 0.317 e. The molecule has 2 N–H and O–H groups in total. The van der Waals surface area contributed by atoms with E-state index in [1.54, 1.807) is 12.1 Å². The fraction of sp³-hybridized carbons (Fsp3) is 0.545. The van der Waals surface area contributed by atoms with Crippen molar-refractivity contribution < 1.29 is 9.90 Å². The first-order valence-corrected chi connectivity index (χ1v) is 10.4. The standard InChI is InChI=1S/C22H30N4O2/c1-25-21-4-2-3-20(19(21)15-23-25)24-22(28)26-13-11-17(12-14-26)6-5-16-7-9-18(27)10-8-16/h7-10,15,17,20,27H,2-6,11-14H2,1H3,(H,24,28)/t20-/m1/s1. The zero-order valence-electron chi connectivity index (χ0n) is 16.6. The maximum atomic E-state index is 12.8. The molecule has 28 heavy (non-hydrogen) atoms. The van der Waals surface area contributed by atoms with Crippen molar-refractivity contribution in [2.75, 3.05) is 13.1 Å². The van der Waals surface area contributed by atoms with Gasteiger partial charge in [-0.25, -0.2) is 4.79 Å². The van der Waals surface area contributed by atoms with E-state index in [1.807, 2.05) is 35.0 Å². The molecule has 0 unspecified atom stereocenters. The van der Waals surface area contributed by atoms with Crippen LogP contribution >= 0.6 is 0 Å². The van der Waals surface area contributed by atoms with Crippen molar-refractivity contribution in [3.05, 3.63) is 47.3 Å². The predicted molar refractivity (Wildman–Crippen MR) is 108 cm³/mol. The Kier molecular flexibility index (Phi) is 5.55. The van der Waals surface area contributed by atoms with Crippen molar-refractivity contribution in [2.24, 2.45) is 13.0 Å². The molecule has 150 valence electrons. The molecule has 4 rings (SSSR count). The Morgan fingerprint density at radius 1 is 1.21 bits per heavy atom. The minimum Gasteiger partial charge on any atom is -0.508 e. The molecular formula is C22H30N4O2. The third-order valence-electron chi connectivity index (χ3n) is 6.35. The average Bonchev–Trinajstić information content (AvgIpc) is 3.10. The van der Waals surface area contributed by atoms with E-state index in [0.717, 1.165) is 58.0 Å². The van der Waals surface area contributed by atoms with Crippen LogP contribution in [0.4, 0.5) is 4.79 Å². The van der Waals surface area contributed by atoms with Crippen molar-refractivity contribution >= 4 is 6.03 Å². The second kappa shape index (κ2) is 8.25. The average molecular weight is 383 g/mol. The number of benzene rings is 1. The van der Waals surface area contributed by atoms with Gasteiger partial charge in [0.15, 0.2) is 0 Å². The predicted octanol–water partition coefficient (Wildman–Crippen LogP) is 3.56. The van der Waals surface area contributed by atoms with E-state index in [0.29, 0.717) is 11.7 Å². The zero-order valence-corrected chi connectivity index (χ0v) is 16.6. The number of carbonyl (C=O) groups excluding carboxylic acids is 1. The van der Waals surface area contributed by atoms with Crippen LogP contribution in [0, 0.1) is 5.92 Å². The number of aryl methyl sites for hydroxylation is 2. The smallest absolute Gasteiger partial charge is 0.317 e. The molecule has 0 radical (unpaired) electrons. The Morgan fingerprint density at radius 3 is 2.71 bits per heavy atom. The molecule has 1 saturated heterocycles. The molecule has 0 saturated carbocycles. The Hall–Kier alpha value is -2.50. The van der Waals surface area contributed by atoms with Gasteiger partial charge in [-0.1, -0.05) is 12.1 Å². The number of nitrogens with zero attached hydrogens (tertiary/aromatic N) is 3. The minimum absolute atomic E-state index is 0.0682. The third kappa shape index (κ3) is 4.16. The van der Waals surface area contributed by atoms with Crippen LogP contribution in [0.15, 0.2) is 30.5 Å². The summed E-state index contributed by atoms with van der Waals surface area (Å²) in [7, 11) is 1.98. The summed E-state index contributed by atoms with van der Waals surface area (Å²) in [5.74, 6) is 0.983. The molecule has 1 aromatic carbocycles. The van der Waals surface area contributed by atoms with Gasteiger partial charge in [0.25, 0.3) is 0 Å². The number of piperidine rings is 1. The van der Waals surface area contributed by atoms with Crippen LogP contribution < -0.4 is 5.32 Å². The van der Waals surface area contributed by atoms with Crippen LogP contribution in [-0.4, -0.2) is 38.9 Å². The van der Waals surface area contributed by atoms with Crippen molar-refractivity contribution in [1.29, 1.82) is 0 Å². The number of carbonyl (C=O) groups is 1. The molecule has 0 bridgehead atoms. The van der Waals surface area contributed by atoms with Gasteiger partial charge in [0.05, 0.1) is 12.2 Å². The van der Waals surface area contributed by atoms with Crippen molar-refractivity contribution in [3.8, 4) is 5.75 Å². The summed E-state index contributed by atoms with van der Waals surface area (Å²) in [6.45, 7) is 1.66. The SMILES string of the molecule is Cn1ncc2c1CCC[C@H]2NC(=O)N1CCC(CCc2ccc(O)cc2)CC1. The summed E-state index contributed by atoms with van der Waals surface area (Å²) >= 11 is 0. The molecule has 2 aliphatic rings. The van der Waals surface area contributed by atoms with Gasteiger partial charge in [-0.05, 0) is 68.6 Å². The summed E-state index contributed by atoms with van der Waals surface area (Å²) in [5.41, 5.74) is 3.71. The lowest BCUT2D eigenvalue weighted by atomic mass is 9.90. The summed E-state index contributed by atoms with van der Waals surface area (Å²) in [5, 5.41) is 17.0. The fourth-order valence-electron chi connectivity index (χ4n) is 4.55. The lowest BCUT2D eigenvalue weighted by Crippen LogP contribution is -2.46. The van der Waals surface area contributed by atoms with Gasteiger partial charge in [-0.15, -0.1) is 0 Å². The number of fused-ring (bicyclic) bond motifs is 1. The Bertz CT molecular complexity index is 806. The van der Waals surface area contributed by atoms with Gasteiger partial charge in [0, 0.05) is 31.4 Å². The van der Waals surface area contributed by atoms with Crippen molar-refractivity contribution in [3.63, 3.8) is 0 Å². The normalized spacial score (nSPS) is 20.0. The van der Waals surface area contributed by atoms with E-state index in [2.05, 4.69) is 10.4 Å². The lowest BCUT2D eigenvalue weighted by Gasteiger charge is -2.34. The molecule has 1 aliphatic heterocycles. The number of hydrogen-bond donors (Lipinski definition) is 2. The molecule has 1 atom stereocenters. The molecule has 0 spiro atoms. The van der Waals surface area contributed by atoms with Crippen LogP contribution in [0.25, 0.3) is 0 Å². The highest BCUT2D eigenvalue weighted by Crippen LogP contribution is 2.30. The largest absolute Gasteiger partial charge is 0.508 e. The number of aromatic nitrogens is 2. The fourth-order valence-corrected chi connectivity index (χ4v) is 4.55. The molecule has 1 aromatic heterocycles. The van der Waals surface area contributed by atoms with Crippen molar-refractivity contribution in [1.82, 2.24) is 20.0 Å². The quantitative estimate of drug-likeness (QED) is 0.849. The number of rotatable bonds is 4. The van der Waals surface area contributed by atoms with Crippen LogP contribution in [0.5, 0.6) is 5.75 Å². The van der Waals surface area contributed by atoms with E-state index in [9.17, 15) is 9.90 Å². The van der Waals surface area contributed by atoms with E-state index < -0.39 is 0 Å². The van der Waals surface area contributed by atoms with Crippen LogP contribution in [0.1, 0.15) is 55.0 Å². The number of phenolic OH excluding ortho intramolecular Hbond substituents is 1. The van der Waals surface area contributed by atoms with E-state index in [1.165, 1.54) is 16.8 Å². The van der Waals surface area contributed by atoms with Gasteiger partial charge < -0.3 is 15.3 Å². The first-order valence-electron chi connectivity index (χ1n) is 10.4. The lowest BCUT2D eigenvalue weighted by molar-refractivity contribution is 0.164. The summed E-state index contributed by atoms with van der Waals surface area (Å²) in [6, 6.07) is 7.65. The Morgan fingerprint density at radius 2 is 1.96 bits per heavy atom. The van der Waals surface area contributed by atoms with E-state index in [-0.39, 0.29) is 12.1 Å². The van der Waals surface area contributed by atoms with Gasteiger partial charge in [-0.3, -0.25) is 4.68 Å². The molecule has 6 nitrogen and oxygen atoms in total. The number of phenols is 1. The summed E-state index contributed by atoms with van der Waals surface area (Å²) in [4.78, 5) is 14.7. The number of likely N-dealkylation sites (tertiary alicyclic amines) is 1. The molecule has 2 aromatic rings. The zero-order chi connectivity index (χ0) is 19.5. The van der Waals surface area contributed by atoms with Gasteiger partial charge >= 0.3 is 6.03 Å². The van der Waals surface area contributed by atoms with Gasteiger partial charge in [0.2, 0.25) is 0 Å². The number of amides is 2. The molecule has 6 heteroatoms. The van der Waals surface area contributed by atoms with E-state index >= 15 is 0 Å². The third-order valence-corrected chi connectivity index (χ3v) is 6.35. The number of urea groups is 1. The van der Waals surface area contributed by atoms with Crippen LogP contribution in [-0.2, 0) is 19.9 Å². The van der Waals surface area contributed by atoms with Gasteiger partial charge in [0.1, 0.15) is 5.75 Å².